The van der Waals surface area contributed by atoms with Crippen LogP contribution in [0.1, 0.15) is 21.9 Å². The molecule has 1 heterocycles. The zero-order chi connectivity index (χ0) is 16.8. The van der Waals surface area contributed by atoms with E-state index in [1.807, 2.05) is 0 Å². The maximum absolute atomic E-state index is 11.9. The van der Waals surface area contributed by atoms with Crippen molar-refractivity contribution in [3.05, 3.63) is 57.5 Å². The molecule has 0 radical (unpaired) electrons. The number of benzene rings is 1. The third-order valence-corrected chi connectivity index (χ3v) is 3.29. The van der Waals surface area contributed by atoms with Crippen molar-refractivity contribution in [2.45, 2.75) is 6.92 Å². The zero-order valence-corrected chi connectivity index (χ0v) is 13.6. The number of hydrazone groups is 1. The van der Waals surface area contributed by atoms with E-state index in [9.17, 15) is 9.59 Å². The van der Waals surface area contributed by atoms with E-state index in [-0.39, 0.29) is 17.1 Å². The molecule has 2 rings (SSSR count). The molecular weight excluding hydrogens is 341 g/mol. The summed E-state index contributed by atoms with van der Waals surface area (Å²) >= 11 is 11.7. The summed E-state index contributed by atoms with van der Waals surface area (Å²) in [7, 11) is 0. The van der Waals surface area contributed by atoms with Gasteiger partial charge in [0.25, 0.3) is 11.8 Å². The number of hydrogen-bond donors (Lipinski definition) is 2. The second kappa shape index (κ2) is 7.80. The Bertz CT molecular complexity index is 756. The van der Waals surface area contributed by atoms with Crippen LogP contribution in [0.5, 0.6) is 0 Å². The Labute approximate surface area is 142 Å². The maximum Gasteiger partial charge on any atom is 0.259 e. The molecule has 23 heavy (non-hydrogen) atoms. The van der Waals surface area contributed by atoms with Gasteiger partial charge >= 0.3 is 0 Å². The fraction of sp³-hybridized carbons (Fsp3) is 0.133. The lowest BCUT2D eigenvalue weighted by atomic mass is 10.2. The number of aryl methyl sites for hydroxylation is 1. The fourth-order valence-corrected chi connectivity index (χ4v) is 2.03. The summed E-state index contributed by atoms with van der Waals surface area (Å²) in [5.41, 5.74) is 2.47. The molecule has 1 aromatic carbocycles. The van der Waals surface area contributed by atoms with E-state index in [2.05, 4.69) is 15.8 Å². The summed E-state index contributed by atoms with van der Waals surface area (Å²) in [5, 5.41) is 6.77. The van der Waals surface area contributed by atoms with Gasteiger partial charge in [0.2, 0.25) is 0 Å². The topological polar surface area (TPSA) is 83.7 Å². The fourth-order valence-electron chi connectivity index (χ4n) is 1.66. The predicted octanol–water partition coefficient (Wildman–Crippen LogP) is 2.77. The van der Waals surface area contributed by atoms with Gasteiger partial charge in [0.05, 0.1) is 23.3 Å². The van der Waals surface area contributed by atoms with Crippen LogP contribution in [-0.4, -0.2) is 24.6 Å². The lowest BCUT2D eigenvalue weighted by molar-refractivity contribution is -0.120. The minimum absolute atomic E-state index is 0.196. The van der Waals surface area contributed by atoms with Gasteiger partial charge in [-0.3, -0.25) is 9.59 Å². The van der Waals surface area contributed by atoms with Crippen molar-refractivity contribution >= 4 is 41.2 Å². The van der Waals surface area contributed by atoms with Crippen LogP contribution in [0, 0.1) is 6.92 Å². The van der Waals surface area contributed by atoms with E-state index in [4.69, 9.17) is 27.6 Å². The largest absolute Gasteiger partial charge is 0.460 e. The van der Waals surface area contributed by atoms with E-state index in [0.29, 0.717) is 10.8 Å². The van der Waals surface area contributed by atoms with Crippen LogP contribution < -0.4 is 10.7 Å². The Morgan fingerprint density at radius 3 is 2.74 bits per heavy atom. The van der Waals surface area contributed by atoms with Crippen LogP contribution in [0.25, 0.3) is 0 Å². The van der Waals surface area contributed by atoms with Gasteiger partial charge in [-0.1, -0.05) is 23.2 Å². The molecule has 0 aliphatic heterocycles. The van der Waals surface area contributed by atoms with Crippen LogP contribution in [-0.2, 0) is 4.79 Å². The van der Waals surface area contributed by atoms with Crippen molar-refractivity contribution in [1.29, 1.82) is 0 Å². The highest BCUT2D eigenvalue weighted by Crippen LogP contribution is 2.20. The molecule has 120 valence electrons. The van der Waals surface area contributed by atoms with Gasteiger partial charge in [-0.15, -0.1) is 0 Å². The SMILES string of the molecule is Cc1ccc(/C=N\NC(=O)CNC(=O)c2cc(Cl)ccc2Cl)o1. The quantitative estimate of drug-likeness (QED) is 0.640. The predicted molar refractivity (Wildman–Crippen MR) is 88.0 cm³/mol. The third-order valence-electron chi connectivity index (χ3n) is 2.72. The van der Waals surface area contributed by atoms with Crippen molar-refractivity contribution in [3.63, 3.8) is 0 Å². The zero-order valence-electron chi connectivity index (χ0n) is 12.1. The number of carbonyl (C=O) groups is 2. The molecular formula is C15H13Cl2N3O3. The van der Waals surface area contributed by atoms with Crippen molar-refractivity contribution in [2.75, 3.05) is 6.54 Å². The van der Waals surface area contributed by atoms with E-state index in [1.54, 1.807) is 25.1 Å². The van der Waals surface area contributed by atoms with Gasteiger partial charge < -0.3 is 9.73 Å². The van der Waals surface area contributed by atoms with E-state index in [1.165, 1.54) is 18.3 Å². The highest BCUT2D eigenvalue weighted by molar-refractivity contribution is 6.35. The van der Waals surface area contributed by atoms with Crippen LogP contribution in [0.4, 0.5) is 0 Å². The summed E-state index contributed by atoms with van der Waals surface area (Å²) in [6.45, 7) is 1.54. The smallest absolute Gasteiger partial charge is 0.259 e. The summed E-state index contributed by atoms with van der Waals surface area (Å²) in [4.78, 5) is 23.5. The minimum Gasteiger partial charge on any atom is -0.460 e. The lowest BCUT2D eigenvalue weighted by Gasteiger charge is -2.06. The van der Waals surface area contributed by atoms with Gasteiger partial charge in [-0.05, 0) is 37.3 Å². The Kier molecular flexibility index (Phi) is 5.78. The maximum atomic E-state index is 11.9. The molecule has 0 aliphatic rings. The van der Waals surface area contributed by atoms with Crippen molar-refractivity contribution in [1.82, 2.24) is 10.7 Å². The Balaban J connectivity index is 1.83. The van der Waals surface area contributed by atoms with Gasteiger partial charge in [0, 0.05) is 5.02 Å². The molecule has 6 nitrogen and oxygen atoms in total. The summed E-state index contributed by atoms with van der Waals surface area (Å²) in [6.07, 6.45) is 1.36. The molecule has 0 saturated carbocycles. The molecule has 0 bridgehead atoms. The summed E-state index contributed by atoms with van der Waals surface area (Å²) in [5.74, 6) is 0.260. The lowest BCUT2D eigenvalue weighted by Crippen LogP contribution is -2.35. The third kappa shape index (κ3) is 5.12. The molecule has 1 aromatic heterocycles. The van der Waals surface area contributed by atoms with Crippen molar-refractivity contribution in [3.8, 4) is 0 Å². The minimum atomic E-state index is -0.502. The monoisotopic (exact) mass is 353 g/mol. The summed E-state index contributed by atoms with van der Waals surface area (Å²) in [6, 6.07) is 7.99. The first-order valence-electron chi connectivity index (χ1n) is 6.57. The van der Waals surface area contributed by atoms with E-state index >= 15 is 0 Å². The average molecular weight is 354 g/mol. The van der Waals surface area contributed by atoms with E-state index < -0.39 is 11.8 Å². The van der Waals surface area contributed by atoms with Crippen LogP contribution in [0.15, 0.2) is 39.9 Å². The molecule has 0 unspecified atom stereocenters. The van der Waals surface area contributed by atoms with Gasteiger partial charge in [-0.25, -0.2) is 5.43 Å². The van der Waals surface area contributed by atoms with Gasteiger partial charge in [0.15, 0.2) is 0 Å². The molecule has 2 amide bonds. The number of furan rings is 1. The second-order valence-electron chi connectivity index (χ2n) is 4.55. The highest BCUT2D eigenvalue weighted by Gasteiger charge is 2.12. The van der Waals surface area contributed by atoms with Crippen LogP contribution >= 0.6 is 23.2 Å². The van der Waals surface area contributed by atoms with Crippen molar-refractivity contribution < 1.29 is 14.0 Å². The Morgan fingerprint density at radius 1 is 1.26 bits per heavy atom. The number of nitrogens with one attached hydrogen (secondary N) is 2. The van der Waals surface area contributed by atoms with E-state index in [0.717, 1.165) is 5.76 Å². The molecule has 0 fully saturated rings. The number of hydrogen-bond acceptors (Lipinski definition) is 4. The number of rotatable bonds is 5. The first-order chi connectivity index (χ1) is 11.0. The van der Waals surface area contributed by atoms with Gasteiger partial charge in [-0.2, -0.15) is 5.10 Å². The average Bonchev–Trinajstić information content (AvgIpc) is 2.92. The number of halogens is 2. The van der Waals surface area contributed by atoms with Crippen LogP contribution in [0.3, 0.4) is 0 Å². The second-order valence-corrected chi connectivity index (χ2v) is 5.39. The Hall–Kier alpha value is -2.31. The first-order valence-corrected chi connectivity index (χ1v) is 7.33. The molecule has 2 aromatic rings. The molecule has 0 atom stereocenters. The number of nitrogens with zero attached hydrogens (tertiary/aromatic N) is 1. The molecule has 0 spiro atoms. The molecule has 0 aliphatic carbocycles. The Morgan fingerprint density at radius 2 is 2.04 bits per heavy atom. The molecule has 8 heteroatoms. The summed E-state index contributed by atoms with van der Waals surface area (Å²) < 4.78 is 5.25. The number of carbonyl (C=O) groups excluding carboxylic acids is 2. The standard InChI is InChI=1S/C15H13Cl2N3O3/c1-9-2-4-11(23-9)7-19-20-14(21)8-18-15(22)12-6-10(16)3-5-13(12)17/h2-7H,8H2,1H3,(H,18,22)(H,20,21)/b19-7-. The normalized spacial score (nSPS) is 10.7. The van der Waals surface area contributed by atoms with Crippen LogP contribution in [0.2, 0.25) is 10.0 Å². The van der Waals surface area contributed by atoms with Crippen molar-refractivity contribution in [2.24, 2.45) is 5.10 Å². The highest BCUT2D eigenvalue weighted by atomic mass is 35.5. The first kappa shape index (κ1) is 17.1. The molecule has 0 saturated heterocycles. The number of amides is 2. The molecule has 2 N–H and O–H groups in total. The van der Waals surface area contributed by atoms with Gasteiger partial charge in [0.1, 0.15) is 11.5 Å².